The minimum absolute atomic E-state index is 0.0960. The van der Waals surface area contributed by atoms with Crippen molar-refractivity contribution in [3.8, 4) is 0 Å². The van der Waals surface area contributed by atoms with Crippen LogP contribution >= 0.6 is 11.6 Å². The summed E-state index contributed by atoms with van der Waals surface area (Å²) in [4.78, 5) is 30.4. The molecular weight excluding hydrogens is 424 g/mol. The Kier molecular flexibility index (Phi) is 6.65. The highest BCUT2D eigenvalue weighted by molar-refractivity contribution is 6.31. The highest BCUT2D eigenvalue weighted by Gasteiger charge is 2.20. The lowest BCUT2D eigenvalue weighted by Gasteiger charge is -2.23. The lowest BCUT2D eigenvalue weighted by molar-refractivity contribution is -0.116. The van der Waals surface area contributed by atoms with E-state index >= 15 is 0 Å². The molecule has 3 aromatic rings. The van der Waals surface area contributed by atoms with Crippen molar-refractivity contribution >= 4 is 40.6 Å². The van der Waals surface area contributed by atoms with Crippen LogP contribution in [0.4, 0.5) is 26.0 Å². The van der Waals surface area contributed by atoms with Crippen LogP contribution in [0.3, 0.4) is 0 Å². The number of halogens is 3. The Bertz CT molecular complexity index is 1150. The van der Waals surface area contributed by atoms with Gasteiger partial charge in [-0.2, -0.15) is 0 Å². The molecule has 160 valence electrons. The number of pyridine rings is 1. The predicted molar refractivity (Wildman–Crippen MR) is 117 cm³/mol. The molecule has 1 heterocycles. The maximum Gasteiger partial charge on any atom is 0.229 e. The van der Waals surface area contributed by atoms with E-state index < -0.39 is 11.7 Å². The lowest BCUT2D eigenvalue weighted by Crippen LogP contribution is -2.25. The van der Waals surface area contributed by atoms with Crippen LogP contribution in [0.15, 0.2) is 48.7 Å². The molecule has 8 heteroatoms. The third-order valence-electron chi connectivity index (χ3n) is 4.91. The van der Waals surface area contributed by atoms with Crippen LogP contribution in [-0.2, 0) is 16.0 Å². The third-order valence-corrected chi connectivity index (χ3v) is 5.26. The maximum atomic E-state index is 13.9. The fraction of sp³-hybridized carbons (Fsp3) is 0.174. The van der Waals surface area contributed by atoms with E-state index in [0.29, 0.717) is 22.5 Å². The minimum Gasteiger partial charge on any atom is -0.326 e. The fourth-order valence-corrected chi connectivity index (χ4v) is 3.39. The summed E-state index contributed by atoms with van der Waals surface area (Å²) in [6.45, 7) is 4.71. The largest absolute Gasteiger partial charge is 0.326 e. The number of hydrogen-bond donors (Lipinski definition) is 1. The zero-order valence-corrected chi connectivity index (χ0v) is 17.9. The first kappa shape index (κ1) is 22.4. The van der Waals surface area contributed by atoms with Crippen molar-refractivity contribution in [2.24, 2.45) is 0 Å². The summed E-state index contributed by atoms with van der Waals surface area (Å²) in [7, 11) is 0. The molecule has 2 aromatic carbocycles. The molecule has 5 nitrogen and oxygen atoms in total. The summed E-state index contributed by atoms with van der Waals surface area (Å²) in [6.07, 6.45) is 1.18. The second-order valence-corrected chi connectivity index (χ2v) is 7.41. The van der Waals surface area contributed by atoms with Crippen molar-refractivity contribution < 1.29 is 18.4 Å². The van der Waals surface area contributed by atoms with E-state index in [1.54, 1.807) is 19.9 Å². The zero-order chi connectivity index (χ0) is 22.7. The second kappa shape index (κ2) is 9.22. The standard InChI is InChI=1S/C23H20ClF2N3O2/c1-13-14(2)21(8-7-19(13)25)29(15(3)30)22-11-16(9-10-27-22)28-23(31)12-17-18(24)5-4-6-20(17)26/h4-11H,12H2,1-3H3,(H,27,28,31). The summed E-state index contributed by atoms with van der Waals surface area (Å²) in [5, 5.41) is 2.83. The van der Waals surface area contributed by atoms with Crippen LogP contribution in [-0.4, -0.2) is 16.8 Å². The van der Waals surface area contributed by atoms with E-state index in [4.69, 9.17) is 11.6 Å². The van der Waals surface area contributed by atoms with Gasteiger partial charge in [-0.3, -0.25) is 14.5 Å². The number of amides is 2. The third kappa shape index (κ3) is 4.88. The monoisotopic (exact) mass is 443 g/mol. The van der Waals surface area contributed by atoms with Gasteiger partial charge in [0.25, 0.3) is 0 Å². The van der Waals surface area contributed by atoms with Gasteiger partial charge in [0.1, 0.15) is 17.5 Å². The average Bonchev–Trinajstić information content (AvgIpc) is 2.71. The number of carbonyl (C=O) groups excluding carboxylic acids is 2. The Morgan fingerprint density at radius 3 is 2.48 bits per heavy atom. The summed E-state index contributed by atoms with van der Waals surface area (Å²) >= 11 is 5.98. The van der Waals surface area contributed by atoms with Gasteiger partial charge in [0.2, 0.25) is 11.8 Å². The van der Waals surface area contributed by atoms with E-state index in [1.165, 1.54) is 54.4 Å². The second-order valence-electron chi connectivity index (χ2n) is 7.00. The highest BCUT2D eigenvalue weighted by atomic mass is 35.5. The number of aromatic nitrogens is 1. The zero-order valence-electron chi connectivity index (χ0n) is 17.2. The molecule has 0 aliphatic carbocycles. The van der Waals surface area contributed by atoms with Gasteiger partial charge < -0.3 is 5.32 Å². The molecule has 3 rings (SSSR count). The summed E-state index contributed by atoms with van der Waals surface area (Å²) in [5.74, 6) is -1.49. The summed E-state index contributed by atoms with van der Waals surface area (Å²) in [6, 6.07) is 10.1. The molecule has 0 saturated heterocycles. The molecule has 0 unspecified atom stereocenters. The topological polar surface area (TPSA) is 62.3 Å². The van der Waals surface area contributed by atoms with Gasteiger partial charge in [-0.1, -0.05) is 17.7 Å². The number of nitrogens with one attached hydrogen (secondary N) is 1. The smallest absolute Gasteiger partial charge is 0.229 e. The van der Waals surface area contributed by atoms with Gasteiger partial charge in [0.15, 0.2) is 0 Å². The minimum atomic E-state index is -0.567. The molecule has 0 saturated carbocycles. The van der Waals surface area contributed by atoms with Crippen LogP contribution < -0.4 is 10.2 Å². The molecule has 0 radical (unpaired) electrons. The van der Waals surface area contributed by atoms with Gasteiger partial charge >= 0.3 is 0 Å². The average molecular weight is 444 g/mol. The van der Waals surface area contributed by atoms with Crippen molar-refractivity contribution in [1.82, 2.24) is 4.98 Å². The van der Waals surface area contributed by atoms with Gasteiger partial charge in [-0.15, -0.1) is 0 Å². The van der Waals surface area contributed by atoms with Gasteiger partial charge in [0.05, 0.1) is 12.1 Å². The molecular formula is C23H20ClF2N3O2. The van der Waals surface area contributed by atoms with Crippen LogP contribution in [0.5, 0.6) is 0 Å². The highest BCUT2D eigenvalue weighted by Crippen LogP contribution is 2.31. The number of benzene rings is 2. The molecule has 0 aliphatic heterocycles. The first-order valence-electron chi connectivity index (χ1n) is 9.44. The van der Waals surface area contributed by atoms with E-state index in [0.717, 1.165) is 0 Å². The van der Waals surface area contributed by atoms with Gasteiger partial charge in [-0.25, -0.2) is 13.8 Å². The first-order valence-corrected chi connectivity index (χ1v) is 9.82. The number of rotatable bonds is 5. The Labute approximate surface area is 183 Å². The number of hydrogen-bond acceptors (Lipinski definition) is 3. The molecule has 0 bridgehead atoms. The molecule has 1 aromatic heterocycles. The van der Waals surface area contributed by atoms with Gasteiger partial charge in [-0.05, 0) is 55.3 Å². The molecule has 0 spiro atoms. The SMILES string of the molecule is CC(=O)N(c1cc(NC(=O)Cc2c(F)cccc2Cl)ccn1)c1ccc(F)c(C)c1C. The van der Waals surface area contributed by atoms with Crippen LogP contribution in [0.1, 0.15) is 23.6 Å². The molecule has 0 atom stereocenters. The van der Waals surface area contributed by atoms with E-state index in [1.807, 2.05) is 0 Å². The van der Waals surface area contributed by atoms with Crippen molar-refractivity contribution in [1.29, 1.82) is 0 Å². The van der Waals surface area contributed by atoms with Crippen LogP contribution in [0, 0.1) is 25.5 Å². The first-order chi connectivity index (χ1) is 14.7. The molecule has 0 aliphatic rings. The Morgan fingerprint density at radius 2 is 1.81 bits per heavy atom. The Balaban J connectivity index is 1.88. The lowest BCUT2D eigenvalue weighted by atomic mass is 10.1. The van der Waals surface area contributed by atoms with E-state index in [2.05, 4.69) is 10.3 Å². The van der Waals surface area contributed by atoms with Gasteiger partial charge in [0, 0.05) is 35.5 Å². The predicted octanol–water partition coefficient (Wildman–Crippen LogP) is 5.50. The summed E-state index contributed by atoms with van der Waals surface area (Å²) in [5.41, 5.74) is 1.97. The quantitative estimate of drug-likeness (QED) is 0.566. The molecule has 2 amide bonds. The summed E-state index contributed by atoms with van der Waals surface area (Å²) < 4.78 is 27.8. The number of carbonyl (C=O) groups is 2. The van der Waals surface area contributed by atoms with Crippen molar-refractivity contribution in [3.63, 3.8) is 0 Å². The maximum absolute atomic E-state index is 13.9. The fourth-order valence-electron chi connectivity index (χ4n) is 3.16. The Morgan fingerprint density at radius 1 is 1.06 bits per heavy atom. The number of nitrogens with zero attached hydrogens (tertiary/aromatic N) is 2. The van der Waals surface area contributed by atoms with E-state index in [9.17, 15) is 18.4 Å². The van der Waals surface area contributed by atoms with Crippen LogP contribution in [0.25, 0.3) is 0 Å². The van der Waals surface area contributed by atoms with Crippen LogP contribution in [0.2, 0.25) is 5.02 Å². The number of anilines is 3. The molecule has 0 fully saturated rings. The van der Waals surface area contributed by atoms with Crippen molar-refractivity contribution in [3.05, 3.63) is 82.0 Å². The molecule has 31 heavy (non-hydrogen) atoms. The van der Waals surface area contributed by atoms with E-state index in [-0.39, 0.29) is 34.5 Å². The van der Waals surface area contributed by atoms with Crippen molar-refractivity contribution in [2.75, 3.05) is 10.2 Å². The Hall–Kier alpha value is -3.32. The normalized spacial score (nSPS) is 10.6. The molecule has 1 N–H and O–H groups in total. The van der Waals surface area contributed by atoms with Crippen molar-refractivity contribution in [2.45, 2.75) is 27.2 Å².